The molecular weight excluding hydrogens is 369 g/mol. The predicted molar refractivity (Wildman–Crippen MR) is 96.6 cm³/mol. The topological polar surface area (TPSA) is 77.5 Å². The van der Waals surface area contributed by atoms with Gasteiger partial charge in [-0.15, -0.1) is 11.8 Å². The van der Waals surface area contributed by atoms with Crippen molar-refractivity contribution in [1.82, 2.24) is 4.90 Å². The number of hydrogen-bond acceptors (Lipinski definition) is 5. The van der Waals surface area contributed by atoms with Crippen LogP contribution in [0.15, 0.2) is 39.8 Å². The molecular formula is C19H16FN3O3S. The quantitative estimate of drug-likeness (QED) is 0.589. The zero-order valence-electron chi connectivity index (χ0n) is 14.4. The van der Waals surface area contributed by atoms with Gasteiger partial charge in [-0.05, 0) is 43.5 Å². The zero-order chi connectivity index (χ0) is 19.0. The molecule has 4 rings (SSSR count). The highest BCUT2D eigenvalue weighted by Gasteiger charge is 2.47. The number of fused-ring (bicyclic) bond motifs is 1. The Balaban J connectivity index is 1.68. The van der Waals surface area contributed by atoms with Crippen molar-refractivity contribution in [1.29, 1.82) is 5.26 Å². The van der Waals surface area contributed by atoms with Gasteiger partial charge in [0.2, 0.25) is 0 Å². The average Bonchev–Trinajstić information content (AvgIpc) is 3.28. The number of halogens is 1. The first-order chi connectivity index (χ1) is 13.1. The maximum absolute atomic E-state index is 14.7. The molecule has 2 fully saturated rings. The monoisotopic (exact) mass is 385 g/mol. The molecule has 0 N–H and O–H groups in total. The van der Waals surface area contributed by atoms with E-state index >= 15 is 0 Å². The van der Waals surface area contributed by atoms with Crippen molar-refractivity contribution in [3.63, 3.8) is 0 Å². The van der Waals surface area contributed by atoms with Crippen molar-refractivity contribution in [2.45, 2.75) is 36.0 Å². The third-order valence-corrected chi connectivity index (χ3v) is 5.88. The van der Waals surface area contributed by atoms with Crippen molar-refractivity contribution in [3.05, 3.63) is 47.7 Å². The minimum atomic E-state index is -0.754. The third-order valence-electron chi connectivity index (χ3n) is 4.81. The van der Waals surface area contributed by atoms with Crippen LogP contribution >= 0.6 is 11.8 Å². The van der Waals surface area contributed by atoms with Crippen LogP contribution in [0.1, 0.15) is 30.6 Å². The molecule has 2 aliphatic heterocycles. The number of thioether (sulfide) groups is 1. The number of nitriles is 1. The van der Waals surface area contributed by atoms with Crippen LogP contribution in [0.4, 0.5) is 14.9 Å². The van der Waals surface area contributed by atoms with Gasteiger partial charge >= 0.3 is 6.03 Å². The number of amides is 3. The molecule has 0 radical (unpaired) electrons. The molecule has 0 bridgehead atoms. The van der Waals surface area contributed by atoms with E-state index in [0.717, 1.165) is 23.8 Å². The Kier molecular flexibility index (Phi) is 4.62. The van der Waals surface area contributed by atoms with E-state index in [-0.39, 0.29) is 11.3 Å². The Morgan fingerprint density at radius 2 is 2.19 bits per heavy atom. The zero-order valence-corrected chi connectivity index (χ0v) is 15.2. The number of piperidine rings is 1. The molecule has 1 atom stereocenters. The highest BCUT2D eigenvalue weighted by molar-refractivity contribution is 7.98. The van der Waals surface area contributed by atoms with E-state index in [4.69, 9.17) is 4.42 Å². The summed E-state index contributed by atoms with van der Waals surface area (Å²) in [5.74, 6) is 0.00426. The van der Waals surface area contributed by atoms with Crippen molar-refractivity contribution in [2.75, 3.05) is 11.4 Å². The first kappa shape index (κ1) is 17.6. The fourth-order valence-corrected chi connectivity index (χ4v) is 4.39. The molecule has 138 valence electrons. The van der Waals surface area contributed by atoms with E-state index < -0.39 is 23.8 Å². The van der Waals surface area contributed by atoms with Crippen LogP contribution in [0.5, 0.6) is 0 Å². The Bertz CT molecular complexity index is 914. The van der Waals surface area contributed by atoms with Gasteiger partial charge in [-0.2, -0.15) is 5.26 Å². The fraction of sp³-hybridized carbons (Fsp3) is 0.316. The molecule has 27 heavy (non-hydrogen) atoms. The second kappa shape index (κ2) is 7.08. The highest BCUT2D eigenvalue weighted by atomic mass is 32.2. The molecule has 3 amide bonds. The Labute approximate surface area is 159 Å². The van der Waals surface area contributed by atoms with Gasteiger partial charge in [0.05, 0.1) is 23.3 Å². The summed E-state index contributed by atoms with van der Waals surface area (Å²) in [6.07, 6.45) is 3.85. The number of imide groups is 1. The fourth-order valence-electron chi connectivity index (χ4n) is 3.48. The molecule has 1 aromatic heterocycles. The molecule has 3 heterocycles. The van der Waals surface area contributed by atoms with E-state index in [0.29, 0.717) is 29.4 Å². The van der Waals surface area contributed by atoms with Crippen molar-refractivity contribution in [2.24, 2.45) is 0 Å². The Hall–Kier alpha value is -2.79. The highest BCUT2D eigenvalue weighted by Crippen LogP contribution is 2.36. The summed E-state index contributed by atoms with van der Waals surface area (Å²) in [5.41, 5.74) is 0.0602. The summed E-state index contributed by atoms with van der Waals surface area (Å²) >= 11 is 1.29. The molecule has 0 spiro atoms. The standard InChI is InChI=1S/C19H16FN3O3S/c20-14-8-12(10-21)17(27-11-13-4-3-7-26-13)9-16(14)23-18(24)15-5-1-2-6-22(15)19(23)25/h3-4,7-9,15H,1-2,5-6,11H2. The lowest BCUT2D eigenvalue weighted by Crippen LogP contribution is -2.39. The number of benzene rings is 1. The third kappa shape index (κ3) is 3.08. The van der Waals surface area contributed by atoms with Gasteiger partial charge in [0.15, 0.2) is 0 Å². The van der Waals surface area contributed by atoms with Crippen LogP contribution in [-0.4, -0.2) is 29.4 Å². The molecule has 2 aromatic rings. The maximum Gasteiger partial charge on any atom is 0.332 e. The van der Waals surface area contributed by atoms with Gasteiger partial charge in [0.1, 0.15) is 23.7 Å². The second-order valence-electron chi connectivity index (χ2n) is 6.44. The number of carbonyl (C=O) groups is 2. The SMILES string of the molecule is N#Cc1cc(F)c(N2C(=O)C3CCCCN3C2=O)cc1SCc1ccco1. The van der Waals surface area contributed by atoms with E-state index in [9.17, 15) is 19.2 Å². The number of furan rings is 1. The summed E-state index contributed by atoms with van der Waals surface area (Å²) in [4.78, 5) is 28.3. The van der Waals surface area contributed by atoms with Gasteiger partial charge < -0.3 is 9.32 Å². The van der Waals surface area contributed by atoms with Crippen LogP contribution in [0.2, 0.25) is 0 Å². The predicted octanol–water partition coefficient (Wildman–Crippen LogP) is 3.90. The molecule has 1 aromatic carbocycles. The summed E-state index contributed by atoms with van der Waals surface area (Å²) in [6.45, 7) is 0.504. The van der Waals surface area contributed by atoms with E-state index in [2.05, 4.69) is 0 Å². The van der Waals surface area contributed by atoms with Crippen LogP contribution in [-0.2, 0) is 10.5 Å². The van der Waals surface area contributed by atoms with Gasteiger partial charge in [0, 0.05) is 11.4 Å². The van der Waals surface area contributed by atoms with E-state index in [1.165, 1.54) is 22.7 Å². The summed E-state index contributed by atoms with van der Waals surface area (Å²) in [7, 11) is 0. The molecule has 0 aliphatic carbocycles. The van der Waals surface area contributed by atoms with Gasteiger partial charge in [-0.1, -0.05) is 0 Å². The lowest BCUT2D eigenvalue weighted by atomic mass is 10.0. The molecule has 2 saturated heterocycles. The maximum atomic E-state index is 14.7. The first-order valence-electron chi connectivity index (χ1n) is 8.63. The summed E-state index contributed by atoms with van der Waals surface area (Å²) in [5, 5.41) is 9.32. The Morgan fingerprint density at radius 3 is 2.89 bits per heavy atom. The Morgan fingerprint density at radius 1 is 1.33 bits per heavy atom. The van der Waals surface area contributed by atoms with Crippen LogP contribution in [0, 0.1) is 17.1 Å². The van der Waals surface area contributed by atoms with Crippen LogP contribution < -0.4 is 4.90 Å². The van der Waals surface area contributed by atoms with Crippen LogP contribution in [0.3, 0.4) is 0 Å². The van der Waals surface area contributed by atoms with Crippen molar-refractivity contribution < 1.29 is 18.4 Å². The number of rotatable bonds is 4. The molecule has 6 nitrogen and oxygen atoms in total. The van der Waals surface area contributed by atoms with E-state index in [1.54, 1.807) is 18.4 Å². The second-order valence-corrected chi connectivity index (χ2v) is 7.46. The smallest absolute Gasteiger partial charge is 0.332 e. The number of urea groups is 1. The average molecular weight is 385 g/mol. The van der Waals surface area contributed by atoms with Crippen LogP contribution in [0.25, 0.3) is 0 Å². The summed E-state index contributed by atoms with van der Waals surface area (Å²) in [6, 6.07) is 7.02. The normalized spacial score (nSPS) is 19.3. The molecule has 0 saturated carbocycles. The van der Waals surface area contributed by atoms with Gasteiger partial charge in [0.25, 0.3) is 5.91 Å². The summed E-state index contributed by atoms with van der Waals surface area (Å²) < 4.78 is 19.9. The van der Waals surface area contributed by atoms with Crippen molar-refractivity contribution in [3.8, 4) is 6.07 Å². The lowest BCUT2D eigenvalue weighted by Gasteiger charge is -2.26. The number of carbonyl (C=O) groups excluding carboxylic acids is 2. The van der Waals surface area contributed by atoms with Gasteiger partial charge in [-0.25, -0.2) is 14.1 Å². The molecule has 8 heteroatoms. The van der Waals surface area contributed by atoms with E-state index in [1.807, 2.05) is 6.07 Å². The number of nitrogens with zero attached hydrogens (tertiary/aromatic N) is 3. The first-order valence-corrected chi connectivity index (χ1v) is 9.62. The lowest BCUT2D eigenvalue weighted by molar-refractivity contribution is -0.120. The minimum absolute atomic E-state index is 0.0969. The van der Waals surface area contributed by atoms with Gasteiger partial charge in [-0.3, -0.25) is 4.79 Å². The van der Waals surface area contributed by atoms with Crippen molar-refractivity contribution >= 4 is 29.4 Å². The largest absolute Gasteiger partial charge is 0.468 e. The molecule has 1 unspecified atom stereocenters. The number of hydrogen-bond donors (Lipinski definition) is 0. The minimum Gasteiger partial charge on any atom is -0.468 e. The number of anilines is 1. The molecule has 2 aliphatic rings.